The molecule has 0 radical (unpaired) electrons. The van der Waals surface area contributed by atoms with Crippen molar-refractivity contribution in [1.82, 2.24) is 0 Å². The van der Waals surface area contributed by atoms with Crippen molar-refractivity contribution in [3.05, 3.63) is 21.9 Å². The van der Waals surface area contributed by atoms with Gasteiger partial charge in [0.1, 0.15) is 0 Å². The molecule has 1 aromatic heterocycles. The molecule has 2 heteroatoms. The first-order valence-electron chi connectivity index (χ1n) is 6.22. The fraction of sp³-hybridized carbons (Fsp3) is 0.714. The molecule has 16 heavy (non-hydrogen) atoms. The summed E-state index contributed by atoms with van der Waals surface area (Å²) in [7, 11) is 0. The van der Waals surface area contributed by atoms with Gasteiger partial charge in [-0.3, -0.25) is 0 Å². The van der Waals surface area contributed by atoms with E-state index in [2.05, 4.69) is 32.9 Å². The van der Waals surface area contributed by atoms with Gasteiger partial charge in [-0.2, -0.15) is 0 Å². The molecule has 1 saturated carbocycles. The molecule has 1 nitrogen and oxygen atoms in total. The Labute approximate surface area is 103 Å². The second kappa shape index (κ2) is 4.15. The van der Waals surface area contributed by atoms with Gasteiger partial charge < -0.3 is 5.11 Å². The van der Waals surface area contributed by atoms with Gasteiger partial charge in [0.05, 0.1) is 5.60 Å². The lowest BCUT2D eigenvalue weighted by Crippen LogP contribution is -2.28. The SMILES string of the molecule is CCc1ccc(CC2(O)CCC(C)(C)C2)s1. The highest BCUT2D eigenvalue weighted by Gasteiger charge is 2.41. The van der Waals surface area contributed by atoms with Crippen LogP contribution in [0, 0.1) is 5.41 Å². The highest BCUT2D eigenvalue weighted by Crippen LogP contribution is 2.45. The van der Waals surface area contributed by atoms with E-state index in [1.54, 1.807) is 0 Å². The minimum absolute atomic E-state index is 0.319. The summed E-state index contributed by atoms with van der Waals surface area (Å²) >= 11 is 1.86. The summed E-state index contributed by atoms with van der Waals surface area (Å²) in [6.45, 7) is 6.71. The molecule has 1 unspecified atom stereocenters. The Morgan fingerprint density at radius 3 is 2.44 bits per heavy atom. The van der Waals surface area contributed by atoms with Gasteiger partial charge >= 0.3 is 0 Å². The van der Waals surface area contributed by atoms with Gasteiger partial charge in [0.25, 0.3) is 0 Å². The van der Waals surface area contributed by atoms with E-state index in [0.717, 1.165) is 32.1 Å². The molecule has 0 amide bonds. The number of hydrogen-bond donors (Lipinski definition) is 1. The Hall–Kier alpha value is -0.340. The van der Waals surface area contributed by atoms with Gasteiger partial charge in [0.2, 0.25) is 0 Å². The van der Waals surface area contributed by atoms with Crippen LogP contribution in [0.5, 0.6) is 0 Å². The van der Waals surface area contributed by atoms with Crippen molar-refractivity contribution in [2.24, 2.45) is 5.41 Å². The third kappa shape index (κ3) is 2.67. The lowest BCUT2D eigenvalue weighted by Gasteiger charge is -2.24. The molecule has 0 bridgehead atoms. The first kappa shape index (κ1) is 12.1. The summed E-state index contributed by atoms with van der Waals surface area (Å²) in [5.41, 5.74) is -0.126. The highest BCUT2D eigenvalue weighted by molar-refractivity contribution is 7.12. The molecule has 1 aliphatic rings. The van der Waals surface area contributed by atoms with Gasteiger partial charge in [-0.05, 0) is 43.2 Å². The Morgan fingerprint density at radius 1 is 1.25 bits per heavy atom. The van der Waals surface area contributed by atoms with E-state index < -0.39 is 5.60 Å². The van der Waals surface area contributed by atoms with Crippen LogP contribution >= 0.6 is 11.3 Å². The summed E-state index contributed by atoms with van der Waals surface area (Å²) < 4.78 is 0. The number of hydrogen-bond acceptors (Lipinski definition) is 2. The highest BCUT2D eigenvalue weighted by atomic mass is 32.1. The van der Waals surface area contributed by atoms with Crippen molar-refractivity contribution in [2.75, 3.05) is 0 Å². The molecule has 1 fully saturated rings. The molecule has 1 atom stereocenters. The van der Waals surface area contributed by atoms with Gasteiger partial charge in [0.15, 0.2) is 0 Å². The molecular weight excluding hydrogens is 216 g/mol. The first-order chi connectivity index (χ1) is 7.42. The first-order valence-corrected chi connectivity index (χ1v) is 7.04. The number of thiophene rings is 1. The van der Waals surface area contributed by atoms with Gasteiger partial charge in [-0.1, -0.05) is 20.8 Å². The summed E-state index contributed by atoms with van der Waals surface area (Å²) in [6.07, 6.45) is 5.00. The standard InChI is InChI=1S/C14H22OS/c1-4-11-5-6-12(16-11)9-14(15)8-7-13(2,3)10-14/h5-6,15H,4,7-10H2,1-3H3. The third-order valence-corrected chi connectivity index (χ3v) is 4.87. The summed E-state index contributed by atoms with van der Waals surface area (Å²) in [6, 6.07) is 4.39. The van der Waals surface area contributed by atoms with Crippen molar-refractivity contribution in [3.63, 3.8) is 0 Å². The number of rotatable bonds is 3. The second-order valence-electron chi connectivity index (χ2n) is 5.96. The molecule has 1 N–H and O–H groups in total. The Bertz CT molecular complexity index is 367. The Morgan fingerprint density at radius 2 is 1.94 bits per heavy atom. The molecule has 1 aliphatic carbocycles. The molecular formula is C14H22OS. The molecule has 0 aromatic carbocycles. The zero-order valence-electron chi connectivity index (χ0n) is 10.5. The molecule has 0 saturated heterocycles. The lowest BCUT2D eigenvalue weighted by molar-refractivity contribution is 0.0386. The average molecular weight is 238 g/mol. The van der Waals surface area contributed by atoms with Crippen LogP contribution in [-0.4, -0.2) is 10.7 Å². The molecule has 1 heterocycles. The number of aliphatic hydroxyl groups is 1. The maximum atomic E-state index is 10.6. The van der Waals surface area contributed by atoms with E-state index in [1.807, 2.05) is 11.3 Å². The predicted octanol–water partition coefficient (Wildman–Crippen LogP) is 3.79. The smallest absolute Gasteiger partial charge is 0.0701 e. The van der Waals surface area contributed by atoms with Crippen LogP contribution in [0.2, 0.25) is 0 Å². The van der Waals surface area contributed by atoms with Gasteiger partial charge in [0, 0.05) is 16.2 Å². The topological polar surface area (TPSA) is 20.2 Å². The van der Waals surface area contributed by atoms with Crippen LogP contribution in [0.1, 0.15) is 49.8 Å². The molecule has 1 aromatic rings. The maximum Gasteiger partial charge on any atom is 0.0701 e. The molecule has 0 spiro atoms. The van der Waals surface area contributed by atoms with Crippen molar-refractivity contribution in [3.8, 4) is 0 Å². The van der Waals surface area contributed by atoms with Crippen molar-refractivity contribution >= 4 is 11.3 Å². The van der Waals surface area contributed by atoms with Crippen LogP contribution in [0.25, 0.3) is 0 Å². The molecule has 0 aliphatic heterocycles. The maximum absolute atomic E-state index is 10.6. The lowest BCUT2D eigenvalue weighted by atomic mass is 9.88. The Balaban J connectivity index is 2.04. The van der Waals surface area contributed by atoms with Gasteiger partial charge in [-0.25, -0.2) is 0 Å². The minimum atomic E-state index is -0.445. The predicted molar refractivity (Wildman–Crippen MR) is 70.0 cm³/mol. The van der Waals surface area contributed by atoms with Crippen LogP contribution in [-0.2, 0) is 12.8 Å². The van der Waals surface area contributed by atoms with Crippen LogP contribution in [0.4, 0.5) is 0 Å². The van der Waals surface area contributed by atoms with E-state index in [1.165, 1.54) is 9.75 Å². The van der Waals surface area contributed by atoms with Crippen LogP contribution in [0.3, 0.4) is 0 Å². The van der Waals surface area contributed by atoms with E-state index >= 15 is 0 Å². The van der Waals surface area contributed by atoms with E-state index in [0.29, 0.717) is 5.41 Å². The van der Waals surface area contributed by atoms with Crippen molar-refractivity contribution < 1.29 is 5.11 Å². The largest absolute Gasteiger partial charge is 0.389 e. The van der Waals surface area contributed by atoms with Crippen molar-refractivity contribution in [2.45, 2.75) is 58.5 Å². The normalized spacial score (nSPS) is 28.5. The summed E-state index contributed by atoms with van der Waals surface area (Å²) in [4.78, 5) is 2.77. The summed E-state index contributed by atoms with van der Waals surface area (Å²) in [5, 5.41) is 10.6. The number of aryl methyl sites for hydroxylation is 1. The fourth-order valence-corrected chi connectivity index (χ4v) is 3.92. The average Bonchev–Trinajstić information content (AvgIpc) is 2.71. The van der Waals surface area contributed by atoms with Crippen LogP contribution in [0.15, 0.2) is 12.1 Å². The van der Waals surface area contributed by atoms with Crippen LogP contribution < -0.4 is 0 Å². The van der Waals surface area contributed by atoms with E-state index in [9.17, 15) is 5.11 Å². The monoisotopic (exact) mass is 238 g/mol. The fourth-order valence-electron chi connectivity index (χ4n) is 2.82. The minimum Gasteiger partial charge on any atom is -0.389 e. The summed E-state index contributed by atoms with van der Waals surface area (Å²) in [5.74, 6) is 0. The zero-order chi connectivity index (χ0) is 11.8. The third-order valence-electron chi connectivity index (χ3n) is 3.64. The second-order valence-corrected chi connectivity index (χ2v) is 7.22. The Kier molecular flexibility index (Phi) is 3.15. The molecule has 2 rings (SSSR count). The molecule has 90 valence electrons. The van der Waals surface area contributed by atoms with Gasteiger partial charge in [-0.15, -0.1) is 11.3 Å². The van der Waals surface area contributed by atoms with E-state index in [4.69, 9.17) is 0 Å². The quantitative estimate of drug-likeness (QED) is 0.849. The van der Waals surface area contributed by atoms with E-state index in [-0.39, 0.29) is 0 Å². The van der Waals surface area contributed by atoms with Crippen molar-refractivity contribution in [1.29, 1.82) is 0 Å². The zero-order valence-corrected chi connectivity index (χ0v) is 11.4.